The van der Waals surface area contributed by atoms with Crippen LogP contribution in [0.5, 0.6) is 0 Å². The van der Waals surface area contributed by atoms with E-state index in [0.29, 0.717) is 0 Å². The third kappa shape index (κ3) is 10.0. The summed E-state index contributed by atoms with van der Waals surface area (Å²) in [5, 5.41) is 7.55. The number of hydrogen-bond donors (Lipinski definition) is 0. The van der Waals surface area contributed by atoms with Crippen molar-refractivity contribution in [3.8, 4) is 94.7 Å². The highest BCUT2D eigenvalue weighted by atomic mass is 32.1. The smallest absolute Gasteiger partial charge is 0.252 e. The Kier molecular flexibility index (Phi) is 14.5. The first-order valence-electron chi connectivity index (χ1n) is 37.1. The van der Waals surface area contributed by atoms with E-state index in [-0.39, 0.29) is 6.71 Å². The molecular weight excluding hydrogens is 1340 g/mol. The zero-order valence-corrected chi connectivity index (χ0v) is 60.3. The van der Waals surface area contributed by atoms with Crippen LogP contribution in [-0.2, 0) is 0 Å². The standard InChI is InChI=1S/C102H64BN3S2/c1-7-27-65(28-8-1)71-49-53-92-88(59-71)103-89-60-72(66-29-9-2-10-30-66)50-54-93(89)106(102-86(69-35-15-5-16-36-69)57-76(58-87(102)70-37-17-6-18-38-70)74-48-52-83-81-42-22-26-46-97(81)108-99(83)62-74)95-64-77(104-90-43-23-19-39-78(90)79-40-20-24-44-91(79)104)63-94(100(95)103)105(92)101-84(67-31-11-3-12-32-67)55-75(56-85(101)68-33-13-4-14-34-68)73-47-51-82-80-41-21-25-45-96(80)107-98(82)61-73/h1-64H. The second-order valence-corrected chi connectivity index (χ2v) is 30.7. The molecule has 3 aromatic heterocycles. The Morgan fingerprint density at radius 3 is 0.889 bits per heavy atom. The van der Waals surface area contributed by atoms with Gasteiger partial charge in [0.15, 0.2) is 0 Å². The van der Waals surface area contributed by atoms with E-state index in [1.165, 1.54) is 78.6 Å². The quantitative estimate of drug-likeness (QED) is 0.120. The van der Waals surface area contributed by atoms with Crippen LogP contribution in [0.4, 0.5) is 34.1 Å². The molecule has 0 fully saturated rings. The predicted octanol–water partition coefficient (Wildman–Crippen LogP) is 26.9. The van der Waals surface area contributed by atoms with Crippen molar-refractivity contribution in [2.24, 2.45) is 0 Å². The molecule has 108 heavy (non-hydrogen) atoms. The fourth-order valence-electron chi connectivity index (χ4n) is 17.7. The number of thiophene rings is 2. The molecule has 2 aliphatic rings. The first-order chi connectivity index (χ1) is 53.6. The van der Waals surface area contributed by atoms with Crippen LogP contribution in [0.15, 0.2) is 388 Å². The van der Waals surface area contributed by atoms with Gasteiger partial charge in [0.05, 0.1) is 28.1 Å². The molecule has 0 saturated heterocycles. The van der Waals surface area contributed by atoms with Crippen LogP contribution in [0.3, 0.4) is 0 Å². The van der Waals surface area contributed by atoms with Gasteiger partial charge in [-0.3, -0.25) is 0 Å². The summed E-state index contributed by atoms with van der Waals surface area (Å²) in [6.07, 6.45) is 0. The Hall–Kier alpha value is -13.4. The molecule has 3 nitrogen and oxygen atoms in total. The van der Waals surface area contributed by atoms with Crippen LogP contribution in [-0.4, -0.2) is 11.3 Å². The molecular formula is C102H64BN3S2. The van der Waals surface area contributed by atoms with Gasteiger partial charge in [0.25, 0.3) is 6.71 Å². The summed E-state index contributed by atoms with van der Waals surface area (Å²) < 4.78 is 7.67. The molecule has 22 rings (SSSR count). The fraction of sp³-hybridized carbons (Fsp3) is 0. The molecule has 0 bridgehead atoms. The summed E-state index contributed by atoms with van der Waals surface area (Å²) in [5.74, 6) is 0. The Morgan fingerprint density at radius 2 is 0.509 bits per heavy atom. The lowest BCUT2D eigenvalue weighted by molar-refractivity contribution is 1.16. The number of anilines is 6. The molecule has 0 radical (unpaired) electrons. The summed E-state index contributed by atoms with van der Waals surface area (Å²) in [7, 11) is 0. The molecule has 6 heteroatoms. The molecule has 0 atom stereocenters. The van der Waals surface area contributed by atoms with Gasteiger partial charge in [-0.2, -0.15) is 0 Å². The Morgan fingerprint density at radius 1 is 0.204 bits per heavy atom. The van der Waals surface area contributed by atoms with E-state index in [1.807, 2.05) is 22.7 Å². The topological polar surface area (TPSA) is 11.4 Å². The Labute approximate surface area is 634 Å². The first-order valence-corrected chi connectivity index (χ1v) is 38.8. The highest BCUT2D eigenvalue weighted by molar-refractivity contribution is 7.26. The van der Waals surface area contributed by atoms with Gasteiger partial charge < -0.3 is 14.4 Å². The third-order valence-electron chi connectivity index (χ3n) is 22.5. The van der Waals surface area contributed by atoms with E-state index < -0.39 is 0 Å². The minimum Gasteiger partial charge on any atom is -0.310 e. The van der Waals surface area contributed by atoms with E-state index in [2.05, 4.69) is 403 Å². The van der Waals surface area contributed by atoms with Crippen LogP contribution in [0.2, 0.25) is 0 Å². The fourth-order valence-corrected chi connectivity index (χ4v) is 20.0. The molecule has 17 aromatic carbocycles. The predicted molar refractivity (Wildman–Crippen MR) is 464 cm³/mol. The van der Waals surface area contributed by atoms with Crippen molar-refractivity contribution in [3.05, 3.63) is 388 Å². The van der Waals surface area contributed by atoms with E-state index in [9.17, 15) is 0 Å². The SMILES string of the molecule is c1ccc(-c2ccc3c(c2)B2c4cc(-c5ccccc5)ccc4N(c4c(-c5ccccc5)cc(-c5ccc6c(c5)sc5ccccc56)cc4-c4ccccc4)c4cc(-n5c6ccccc6c6ccccc65)cc(c42)N3c2c(-c3ccccc3)cc(-c3ccc4c(c3)sc3ccccc34)cc2-c2ccccc2)cc1. The van der Waals surface area contributed by atoms with E-state index in [4.69, 9.17) is 0 Å². The molecule has 502 valence electrons. The van der Waals surface area contributed by atoms with Gasteiger partial charge in [0.1, 0.15) is 0 Å². The van der Waals surface area contributed by atoms with Gasteiger partial charge in [0.2, 0.25) is 0 Å². The average Bonchev–Trinajstić information content (AvgIpc) is 0.742. The van der Waals surface area contributed by atoms with Gasteiger partial charge in [-0.25, -0.2) is 0 Å². The number of nitrogens with zero attached hydrogens (tertiary/aromatic N) is 3. The van der Waals surface area contributed by atoms with Crippen molar-refractivity contribution in [2.75, 3.05) is 9.80 Å². The van der Waals surface area contributed by atoms with Crippen LogP contribution >= 0.6 is 22.7 Å². The van der Waals surface area contributed by atoms with E-state index >= 15 is 0 Å². The first kappa shape index (κ1) is 62.1. The minimum atomic E-state index is -0.285. The lowest BCUT2D eigenvalue weighted by Gasteiger charge is -2.46. The van der Waals surface area contributed by atoms with Crippen LogP contribution < -0.4 is 26.2 Å². The minimum absolute atomic E-state index is 0.285. The summed E-state index contributed by atoms with van der Waals surface area (Å²) in [4.78, 5) is 5.41. The van der Waals surface area contributed by atoms with Gasteiger partial charge in [-0.15, -0.1) is 22.7 Å². The van der Waals surface area contributed by atoms with Crippen LogP contribution in [0.25, 0.3) is 157 Å². The normalized spacial score (nSPS) is 12.4. The number of rotatable bonds is 11. The van der Waals surface area contributed by atoms with Crippen molar-refractivity contribution >= 4 is 142 Å². The maximum atomic E-state index is 2.70. The zero-order valence-electron chi connectivity index (χ0n) is 58.7. The largest absolute Gasteiger partial charge is 0.310 e. The third-order valence-corrected chi connectivity index (χ3v) is 24.8. The van der Waals surface area contributed by atoms with Crippen molar-refractivity contribution < 1.29 is 0 Å². The molecule has 0 unspecified atom stereocenters. The maximum absolute atomic E-state index is 2.70. The van der Waals surface area contributed by atoms with Crippen LogP contribution in [0, 0.1) is 0 Å². The van der Waals surface area contributed by atoms with Gasteiger partial charge >= 0.3 is 0 Å². The average molecular weight is 1410 g/mol. The Balaban J connectivity index is 0.909. The molecule has 2 aliphatic heterocycles. The summed E-state index contributed by atoms with van der Waals surface area (Å²) in [6, 6.07) is 146. The van der Waals surface area contributed by atoms with E-state index in [0.717, 1.165) is 129 Å². The van der Waals surface area contributed by atoms with Crippen molar-refractivity contribution in [1.82, 2.24) is 4.57 Å². The van der Waals surface area contributed by atoms with Gasteiger partial charge in [-0.1, -0.05) is 303 Å². The van der Waals surface area contributed by atoms with Crippen LogP contribution in [0.1, 0.15) is 0 Å². The molecule has 0 amide bonds. The van der Waals surface area contributed by atoms with Crippen molar-refractivity contribution in [2.45, 2.75) is 0 Å². The lowest BCUT2D eigenvalue weighted by Crippen LogP contribution is -2.61. The number of para-hydroxylation sites is 2. The highest BCUT2D eigenvalue weighted by Gasteiger charge is 2.46. The zero-order chi connectivity index (χ0) is 70.9. The summed E-state index contributed by atoms with van der Waals surface area (Å²) in [6.45, 7) is -0.285. The summed E-state index contributed by atoms with van der Waals surface area (Å²) >= 11 is 3.74. The van der Waals surface area contributed by atoms with Crippen molar-refractivity contribution in [1.29, 1.82) is 0 Å². The highest BCUT2D eigenvalue weighted by Crippen LogP contribution is 2.56. The number of benzene rings is 17. The second kappa shape index (κ2) is 25.2. The molecule has 20 aromatic rings. The van der Waals surface area contributed by atoms with Gasteiger partial charge in [0, 0.05) is 96.1 Å². The number of hydrogen-bond acceptors (Lipinski definition) is 4. The lowest BCUT2D eigenvalue weighted by atomic mass is 9.33. The Bertz CT molecular complexity index is 6450. The summed E-state index contributed by atoms with van der Waals surface area (Å²) in [5.41, 5.74) is 31.9. The molecule has 0 N–H and O–H groups in total. The van der Waals surface area contributed by atoms with Gasteiger partial charge in [-0.05, 0) is 168 Å². The molecule has 0 spiro atoms. The molecule has 0 aliphatic carbocycles. The molecule has 5 heterocycles. The maximum Gasteiger partial charge on any atom is 0.252 e. The number of aromatic nitrogens is 1. The van der Waals surface area contributed by atoms with E-state index in [1.54, 1.807) is 0 Å². The number of fused-ring (bicyclic) bond motifs is 13. The monoisotopic (exact) mass is 1410 g/mol. The second-order valence-electron chi connectivity index (χ2n) is 28.6. The molecule has 0 saturated carbocycles. The van der Waals surface area contributed by atoms with Crippen molar-refractivity contribution in [3.63, 3.8) is 0 Å².